The Morgan fingerprint density at radius 2 is 1.88 bits per heavy atom. The maximum Gasteiger partial charge on any atom is 0.406 e. The highest BCUT2D eigenvalue weighted by atomic mass is 19.4. The molecule has 0 bridgehead atoms. The fourth-order valence-electron chi connectivity index (χ4n) is 1.13. The van der Waals surface area contributed by atoms with Crippen LogP contribution in [0.2, 0.25) is 0 Å². The number of carboxylic acid groups (broad SMARTS) is 1. The molecule has 1 N–H and O–H groups in total. The Labute approximate surface area is 91.0 Å². The Bertz CT molecular complexity index is 265. The molecule has 0 spiro atoms. The summed E-state index contributed by atoms with van der Waals surface area (Å²) in [6, 6.07) is 0. The molecule has 0 saturated carbocycles. The van der Waals surface area contributed by atoms with Crippen LogP contribution in [0.25, 0.3) is 0 Å². The van der Waals surface area contributed by atoms with Crippen molar-refractivity contribution >= 4 is 11.9 Å². The normalized spacial score (nSPS) is 13.3. The first-order valence-corrected chi connectivity index (χ1v) is 4.77. The summed E-state index contributed by atoms with van der Waals surface area (Å²) in [5.74, 6) is -3.88. The third-order valence-electron chi connectivity index (χ3n) is 1.92. The highest BCUT2D eigenvalue weighted by molar-refractivity contribution is 5.96. The molecule has 0 aliphatic rings. The van der Waals surface area contributed by atoms with Gasteiger partial charge in [-0.25, -0.2) is 0 Å². The van der Waals surface area contributed by atoms with E-state index in [4.69, 9.17) is 5.11 Å². The Morgan fingerprint density at radius 1 is 1.38 bits per heavy atom. The second-order valence-corrected chi connectivity index (χ2v) is 3.43. The molecule has 0 aliphatic carbocycles. The largest absolute Gasteiger partial charge is 0.481 e. The number of hydrogen-bond acceptors (Lipinski definition) is 2. The molecule has 16 heavy (non-hydrogen) atoms. The number of alkyl halides is 3. The second kappa shape index (κ2) is 5.72. The number of carboxylic acids is 1. The van der Waals surface area contributed by atoms with Crippen LogP contribution in [0.5, 0.6) is 0 Å². The molecule has 94 valence electrons. The van der Waals surface area contributed by atoms with Crippen molar-refractivity contribution in [2.24, 2.45) is 5.92 Å². The average Bonchev–Trinajstić information content (AvgIpc) is 2.12. The van der Waals surface area contributed by atoms with Crippen molar-refractivity contribution < 1.29 is 27.9 Å². The molecule has 0 fully saturated rings. The molecule has 1 unspecified atom stereocenters. The van der Waals surface area contributed by atoms with Crippen LogP contribution in [0, 0.1) is 5.92 Å². The van der Waals surface area contributed by atoms with Crippen molar-refractivity contribution in [2.75, 3.05) is 13.1 Å². The van der Waals surface area contributed by atoms with Gasteiger partial charge in [-0.3, -0.25) is 9.59 Å². The van der Waals surface area contributed by atoms with E-state index in [1.807, 2.05) is 0 Å². The predicted molar refractivity (Wildman–Crippen MR) is 49.7 cm³/mol. The third-order valence-corrected chi connectivity index (χ3v) is 1.92. The van der Waals surface area contributed by atoms with Gasteiger partial charge in [0.15, 0.2) is 0 Å². The molecule has 0 aromatic carbocycles. The molecule has 0 saturated heterocycles. The molecule has 0 rings (SSSR count). The Kier molecular flexibility index (Phi) is 5.26. The zero-order valence-corrected chi connectivity index (χ0v) is 9.04. The first kappa shape index (κ1) is 14.7. The van der Waals surface area contributed by atoms with Crippen LogP contribution >= 0.6 is 0 Å². The number of halogens is 3. The van der Waals surface area contributed by atoms with Gasteiger partial charge in [-0.2, -0.15) is 13.2 Å². The van der Waals surface area contributed by atoms with Crippen LogP contribution in [0.1, 0.15) is 20.3 Å². The lowest BCUT2D eigenvalue weighted by Crippen LogP contribution is -2.43. The second-order valence-electron chi connectivity index (χ2n) is 3.43. The predicted octanol–water partition coefficient (Wildman–Crippen LogP) is 1.51. The van der Waals surface area contributed by atoms with Crippen molar-refractivity contribution in [1.82, 2.24) is 4.90 Å². The summed E-state index contributed by atoms with van der Waals surface area (Å²) in [4.78, 5) is 22.4. The fraction of sp³-hybridized carbons (Fsp3) is 0.778. The van der Waals surface area contributed by atoms with Gasteiger partial charge in [0, 0.05) is 6.54 Å². The summed E-state index contributed by atoms with van der Waals surface area (Å²) in [6.07, 6.45) is -4.17. The average molecular weight is 241 g/mol. The van der Waals surface area contributed by atoms with E-state index in [9.17, 15) is 22.8 Å². The molecule has 0 radical (unpaired) electrons. The van der Waals surface area contributed by atoms with Crippen LogP contribution in [-0.2, 0) is 9.59 Å². The number of aliphatic carboxylic acids is 1. The minimum absolute atomic E-state index is 0.101. The van der Waals surface area contributed by atoms with Crippen LogP contribution < -0.4 is 0 Å². The van der Waals surface area contributed by atoms with E-state index >= 15 is 0 Å². The standard InChI is InChI=1S/C9H14F3NO3/c1-3-4-13(5-9(10,11)12)7(14)6(2)8(15)16/h6H,3-5H2,1-2H3,(H,15,16). The molecule has 0 aliphatic heterocycles. The number of nitrogens with zero attached hydrogens (tertiary/aromatic N) is 1. The highest BCUT2D eigenvalue weighted by Crippen LogP contribution is 2.18. The maximum atomic E-state index is 12.1. The number of hydrogen-bond donors (Lipinski definition) is 1. The fourth-order valence-corrected chi connectivity index (χ4v) is 1.13. The number of rotatable bonds is 5. The molecule has 0 aromatic heterocycles. The van der Waals surface area contributed by atoms with E-state index < -0.39 is 30.5 Å². The van der Waals surface area contributed by atoms with E-state index in [0.717, 1.165) is 6.92 Å². The summed E-state index contributed by atoms with van der Waals surface area (Å²) in [7, 11) is 0. The summed E-state index contributed by atoms with van der Waals surface area (Å²) in [5, 5.41) is 8.54. The molecule has 0 heterocycles. The summed E-state index contributed by atoms with van der Waals surface area (Å²) in [5.41, 5.74) is 0. The minimum Gasteiger partial charge on any atom is -0.481 e. The molecule has 7 heteroatoms. The quantitative estimate of drug-likeness (QED) is 0.742. The van der Waals surface area contributed by atoms with Gasteiger partial charge in [0.05, 0.1) is 0 Å². The van der Waals surface area contributed by atoms with Gasteiger partial charge in [-0.15, -0.1) is 0 Å². The number of carbonyl (C=O) groups excluding carboxylic acids is 1. The Balaban J connectivity index is 4.65. The lowest BCUT2D eigenvalue weighted by molar-refractivity contribution is -0.167. The van der Waals surface area contributed by atoms with E-state index in [0.29, 0.717) is 11.3 Å². The van der Waals surface area contributed by atoms with Crippen molar-refractivity contribution in [2.45, 2.75) is 26.4 Å². The number of carbonyl (C=O) groups is 2. The lowest BCUT2D eigenvalue weighted by atomic mass is 10.1. The van der Waals surface area contributed by atoms with Gasteiger partial charge >= 0.3 is 12.1 Å². The third kappa shape index (κ3) is 4.99. The van der Waals surface area contributed by atoms with Crippen LogP contribution in [0.4, 0.5) is 13.2 Å². The Hall–Kier alpha value is -1.27. The molecule has 1 amide bonds. The van der Waals surface area contributed by atoms with Crippen molar-refractivity contribution in [1.29, 1.82) is 0 Å². The van der Waals surface area contributed by atoms with E-state index in [-0.39, 0.29) is 6.54 Å². The molecule has 0 aromatic rings. The maximum absolute atomic E-state index is 12.1. The van der Waals surface area contributed by atoms with Crippen LogP contribution in [0.15, 0.2) is 0 Å². The van der Waals surface area contributed by atoms with Gasteiger partial charge in [0.25, 0.3) is 0 Å². The highest BCUT2D eigenvalue weighted by Gasteiger charge is 2.35. The zero-order valence-electron chi connectivity index (χ0n) is 9.04. The smallest absolute Gasteiger partial charge is 0.406 e. The van der Waals surface area contributed by atoms with Crippen LogP contribution in [-0.4, -0.2) is 41.1 Å². The minimum atomic E-state index is -4.51. The monoisotopic (exact) mass is 241 g/mol. The lowest BCUT2D eigenvalue weighted by Gasteiger charge is -2.24. The molecular weight excluding hydrogens is 227 g/mol. The summed E-state index contributed by atoms with van der Waals surface area (Å²) < 4.78 is 36.3. The molecule has 1 atom stereocenters. The van der Waals surface area contributed by atoms with Gasteiger partial charge in [0.2, 0.25) is 5.91 Å². The topological polar surface area (TPSA) is 57.6 Å². The van der Waals surface area contributed by atoms with Gasteiger partial charge in [-0.05, 0) is 13.3 Å². The number of amides is 1. The van der Waals surface area contributed by atoms with Crippen LogP contribution in [0.3, 0.4) is 0 Å². The van der Waals surface area contributed by atoms with E-state index in [2.05, 4.69) is 0 Å². The van der Waals surface area contributed by atoms with Gasteiger partial charge < -0.3 is 10.0 Å². The zero-order chi connectivity index (χ0) is 12.9. The first-order valence-electron chi connectivity index (χ1n) is 4.77. The molecule has 4 nitrogen and oxygen atoms in total. The van der Waals surface area contributed by atoms with E-state index in [1.54, 1.807) is 6.92 Å². The van der Waals surface area contributed by atoms with Crippen molar-refractivity contribution in [3.05, 3.63) is 0 Å². The first-order chi connectivity index (χ1) is 7.19. The molecular formula is C9H14F3NO3. The van der Waals surface area contributed by atoms with Gasteiger partial charge in [-0.1, -0.05) is 6.92 Å². The van der Waals surface area contributed by atoms with Gasteiger partial charge in [0.1, 0.15) is 12.5 Å². The summed E-state index contributed by atoms with van der Waals surface area (Å²) >= 11 is 0. The van der Waals surface area contributed by atoms with E-state index in [1.165, 1.54) is 0 Å². The SMILES string of the molecule is CCCN(CC(F)(F)F)C(=O)C(C)C(=O)O. The van der Waals surface area contributed by atoms with Crippen molar-refractivity contribution in [3.8, 4) is 0 Å². The summed E-state index contributed by atoms with van der Waals surface area (Å²) in [6.45, 7) is 1.18. The Morgan fingerprint density at radius 3 is 2.19 bits per heavy atom. The van der Waals surface area contributed by atoms with Crippen molar-refractivity contribution in [3.63, 3.8) is 0 Å².